The predicted octanol–water partition coefficient (Wildman–Crippen LogP) is 3.54. The largest absolute Gasteiger partial charge is 0.309 e. The molecule has 0 radical (unpaired) electrons. The summed E-state index contributed by atoms with van der Waals surface area (Å²) in [6.07, 6.45) is 2.15. The number of nitrogens with one attached hydrogen (secondary N) is 1. The van der Waals surface area contributed by atoms with Crippen LogP contribution in [0.25, 0.3) is 0 Å². The normalized spacial score (nSPS) is 14.8. The van der Waals surface area contributed by atoms with E-state index in [2.05, 4.69) is 39.9 Å². The number of rotatable bonds is 6. The van der Waals surface area contributed by atoms with Gasteiger partial charge in [-0.2, -0.15) is 0 Å². The number of alkyl halides is 1. The summed E-state index contributed by atoms with van der Waals surface area (Å²) in [5.74, 6) is 0.692. The highest BCUT2D eigenvalue weighted by Crippen LogP contribution is 2.10. The Morgan fingerprint density at radius 3 is 2.14 bits per heavy atom. The van der Waals surface area contributed by atoms with Gasteiger partial charge >= 0.3 is 0 Å². The van der Waals surface area contributed by atoms with Crippen LogP contribution in [0.4, 0.5) is 4.39 Å². The van der Waals surface area contributed by atoms with Crippen LogP contribution in [-0.2, 0) is 0 Å². The summed E-state index contributed by atoms with van der Waals surface area (Å²) in [6, 6.07) is 0. The minimum Gasteiger partial charge on any atom is -0.309 e. The lowest BCUT2D eigenvalue weighted by Gasteiger charge is -2.22. The van der Waals surface area contributed by atoms with E-state index in [1.54, 1.807) is 0 Å². The van der Waals surface area contributed by atoms with Gasteiger partial charge in [0.15, 0.2) is 0 Å². The molecule has 0 amide bonds. The van der Waals surface area contributed by atoms with Crippen molar-refractivity contribution < 1.29 is 4.39 Å². The van der Waals surface area contributed by atoms with Gasteiger partial charge in [0.25, 0.3) is 0 Å². The van der Waals surface area contributed by atoms with Crippen LogP contribution in [0.15, 0.2) is 0 Å². The van der Waals surface area contributed by atoms with Gasteiger partial charge in [0.05, 0.1) is 0 Å². The van der Waals surface area contributed by atoms with Crippen molar-refractivity contribution >= 4 is 0 Å². The molecule has 0 aliphatic rings. The Balaban J connectivity index is 3.42. The van der Waals surface area contributed by atoms with E-state index < -0.39 is 6.17 Å². The second-order valence-corrected chi connectivity index (χ2v) is 5.55. The van der Waals surface area contributed by atoms with Crippen LogP contribution in [0.1, 0.15) is 53.9 Å². The molecule has 0 aliphatic heterocycles. The second-order valence-electron chi connectivity index (χ2n) is 5.55. The summed E-state index contributed by atoms with van der Waals surface area (Å²) < 4.78 is 13.3. The zero-order chi connectivity index (χ0) is 11.2. The van der Waals surface area contributed by atoms with Crippen molar-refractivity contribution in [3.8, 4) is 0 Å². The molecule has 0 rings (SSSR count). The van der Waals surface area contributed by atoms with Crippen LogP contribution in [0.3, 0.4) is 0 Å². The molecule has 0 fully saturated rings. The van der Waals surface area contributed by atoms with E-state index >= 15 is 0 Å². The minimum absolute atomic E-state index is 0.0301. The molecule has 0 aromatic rings. The Morgan fingerprint density at radius 2 is 1.71 bits per heavy atom. The third-order valence-electron chi connectivity index (χ3n) is 2.15. The van der Waals surface area contributed by atoms with Gasteiger partial charge in [-0.1, -0.05) is 26.7 Å². The zero-order valence-corrected chi connectivity index (χ0v) is 10.4. The van der Waals surface area contributed by atoms with E-state index in [9.17, 15) is 4.39 Å². The van der Waals surface area contributed by atoms with E-state index in [1.165, 1.54) is 0 Å². The lowest BCUT2D eigenvalue weighted by molar-refractivity contribution is 0.263. The monoisotopic (exact) mass is 203 g/mol. The molecule has 1 unspecified atom stereocenters. The highest BCUT2D eigenvalue weighted by Gasteiger charge is 2.12. The Hall–Kier alpha value is -0.110. The Morgan fingerprint density at radius 1 is 1.14 bits per heavy atom. The fourth-order valence-corrected chi connectivity index (χ4v) is 1.27. The molecule has 1 atom stereocenters. The Kier molecular flexibility index (Phi) is 6.34. The molecule has 0 aromatic carbocycles. The van der Waals surface area contributed by atoms with Gasteiger partial charge in [-0.3, -0.25) is 0 Å². The molecule has 1 N–H and O–H groups in total. The first-order chi connectivity index (χ1) is 6.31. The Bertz CT molecular complexity index is 138. The molecule has 0 saturated carbocycles. The van der Waals surface area contributed by atoms with Crippen LogP contribution < -0.4 is 5.32 Å². The molecule has 14 heavy (non-hydrogen) atoms. The smallest absolute Gasteiger partial charge is 0.113 e. The van der Waals surface area contributed by atoms with E-state index in [0.717, 1.165) is 12.8 Å². The lowest BCUT2D eigenvalue weighted by Crippen LogP contribution is -2.39. The zero-order valence-electron chi connectivity index (χ0n) is 10.4. The van der Waals surface area contributed by atoms with Crippen LogP contribution in [-0.4, -0.2) is 18.3 Å². The summed E-state index contributed by atoms with van der Waals surface area (Å²) in [4.78, 5) is 0. The number of hydrogen-bond acceptors (Lipinski definition) is 1. The van der Waals surface area contributed by atoms with Crippen LogP contribution in [0.5, 0.6) is 0 Å². The molecule has 0 spiro atoms. The Labute approximate surface area is 88.5 Å². The molecular formula is C12H26FN. The van der Waals surface area contributed by atoms with Gasteiger partial charge in [0.1, 0.15) is 6.17 Å². The average molecular weight is 203 g/mol. The highest BCUT2D eigenvalue weighted by atomic mass is 19.1. The standard InChI is InChI=1S/C12H26FN/c1-10(2)7-6-8-11(13)9-14-12(3,4)5/h10-11,14H,6-9H2,1-5H3. The first kappa shape index (κ1) is 13.9. The van der Waals surface area contributed by atoms with Crippen molar-refractivity contribution in [1.82, 2.24) is 5.32 Å². The van der Waals surface area contributed by atoms with Crippen LogP contribution in [0.2, 0.25) is 0 Å². The quantitative estimate of drug-likeness (QED) is 0.696. The van der Waals surface area contributed by atoms with Gasteiger partial charge < -0.3 is 5.32 Å². The van der Waals surface area contributed by atoms with Crippen molar-refractivity contribution in [2.24, 2.45) is 5.92 Å². The van der Waals surface area contributed by atoms with Gasteiger partial charge in [-0.05, 0) is 33.1 Å². The molecule has 0 heterocycles. The van der Waals surface area contributed by atoms with Gasteiger partial charge in [-0.25, -0.2) is 4.39 Å². The second kappa shape index (κ2) is 6.39. The number of halogens is 1. The van der Waals surface area contributed by atoms with Crippen molar-refractivity contribution in [1.29, 1.82) is 0 Å². The summed E-state index contributed by atoms with van der Waals surface area (Å²) >= 11 is 0. The van der Waals surface area contributed by atoms with Gasteiger partial charge in [0.2, 0.25) is 0 Å². The van der Waals surface area contributed by atoms with Gasteiger partial charge in [0, 0.05) is 12.1 Å². The molecule has 0 saturated heterocycles. The molecular weight excluding hydrogens is 177 g/mol. The first-order valence-electron chi connectivity index (χ1n) is 5.70. The van der Waals surface area contributed by atoms with E-state index in [-0.39, 0.29) is 5.54 Å². The maximum atomic E-state index is 13.3. The fourth-order valence-electron chi connectivity index (χ4n) is 1.27. The SMILES string of the molecule is CC(C)CCCC(F)CNC(C)(C)C. The third kappa shape index (κ3) is 9.97. The predicted molar refractivity (Wildman–Crippen MR) is 61.3 cm³/mol. The van der Waals surface area contributed by atoms with Crippen LogP contribution in [0, 0.1) is 5.92 Å². The topological polar surface area (TPSA) is 12.0 Å². The molecule has 1 nitrogen and oxygen atoms in total. The number of hydrogen-bond donors (Lipinski definition) is 1. The molecule has 0 aromatic heterocycles. The molecule has 2 heteroatoms. The van der Waals surface area contributed by atoms with E-state index in [4.69, 9.17) is 0 Å². The van der Waals surface area contributed by atoms with E-state index in [0.29, 0.717) is 18.9 Å². The average Bonchev–Trinajstić information content (AvgIpc) is 1.99. The minimum atomic E-state index is -0.687. The lowest BCUT2D eigenvalue weighted by atomic mass is 10.0. The van der Waals surface area contributed by atoms with Crippen molar-refractivity contribution in [2.75, 3.05) is 6.54 Å². The summed E-state index contributed by atoms with van der Waals surface area (Å²) in [6.45, 7) is 11.0. The van der Waals surface area contributed by atoms with Crippen molar-refractivity contribution in [3.05, 3.63) is 0 Å². The summed E-state index contributed by atoms with van der Waals surface area (Å²) in [7, 11) is 0. The fraction of sp³-hybridized carbons (Fsp3) is 1.00. The summed E-state index contributed by atoms with van der Waals surface area (Å²) in [5.41, 5.74) is 0.0301. The summed E-state index contributed by atoms with van der Waals surface area (Å²) in [5, 5.41) is 3.18. The highest BCUT2D eigenvalue weighted by molar-refractivity contribution is 4.73. The molecule has 0 bridgehead atoms. The van der Waals surface area contributed by atoms with Crippen molar-refractivity contribution in [3.63, 3.8) is 0 Å². The molecule has 0 aliphatic carbocycles. The maximum Gasteiger partial charge on any atom is 0.113 e. The van der Waals surface area contributed by atoms with Crippen molar-refractivity contribution in [2.45, 2.75) is 65.6 Å². The van der Waals surface area contributed by atoms with Crippen LogP contribution >= 0.6 is 0 Å². The molecule has 86 valence electrons. The van der Waals surface area contributed by atoms with E-state index in [1.807, 2.05) is 0 Å². The third-order valence-corrected chi connectivity index (χ3v) is 2.15. The first-order valence-corrected chi connectivity index (χ1v) is 5.70. The maximum absolute atomic E-state index is 13.3. The van der Waals surface area contributed by atoms with Gasteiger partial charge in [-0.15, -0.1) is 0 Å².